The molecule has 1 aliphatic heterocycles. The molecule has 1 saturated heterocycles. The molecule has 2 aliphatic rings. The summed E-state index contributed by atoms with van der Waals surface area (Å²) in [5, 5.41) is 10.0. The predicted molar refractivity (Wildman–Crippen MR) is 153 cm³/mol. The number of hydrogen-bond donors (Lipinski definition) is 2. The Kier molecular flexibility index (Phi) is 7.40. The summed E-state index contributed by atoms with van der Waals surface area (Å²) in [7, 11) is -2.04. The second-order valence-corrected chi connectivity index (χ2v) is 13.0. The maximum absolute atomic E-state index is 14.3. The van der Waals surface area contributed by atoms with E-state index in [-0.39, 0.29) is 39.7 Å². The van der Waals surface area contributed by atoms with Gasteiger partial charge in [-0.3, -0.25) is 14.0 Å². The van der Waals surface area contributed by atoms with Crippen molar-refractivity contribution >= 4 is 44.1 Å². The zero-order valence-electron chi connectivity index (χ0n) is 23.6. The van der Waals surface area contributed by atoms with Crippen molar-refractivity contribution in [3.63, 3.8) is 0 Å². The van der Waals surface area contributed by atoms with Gasteiger partial charge in [-0.25, -0.2) is 31.6 Å². The number of alkyl halides is 3. The molecule has 1 aromatic carbocycles. The van der Waals surface area contributed by atoms with Crippen LogP contribution in [0.4, 0.5) is 30.4 Å². The molecule has 0 spiro atoms. The summed E-state index contributed by atoms with van der Waals surface area (Å²) < 4.78 is 76.8. The van der Waals surface area contributed by atoms with Crippen molar-refractivity contribution in [2.45, 2.75) is 56.3 Å². The van der Waals surface area contributed by atoms with Gasteiger partial charge in [0.25, 0.3) is 6.43 Å². The molecule has 228 valence electrons. The molecule has 0 radical (unpaired) electrons. The fraction of sp³-hybridized carbons (Fsp3) is 0.429. The van der Waals surface area contributed by atoms with Gasteiger partial charge in [0, 0.05) is 37.7 Å². The van der Waals surface area contributed by atoms with Crippen LogP contribution in [0.25, 0.3) is 22.4 Å². The predicted octanol–water partition coefficient (Wildman–Crippen LogP) is 5.22. The van der Waals surface area contributed by atoms with E-state index in [9.17, 15) is 26.4 Å². The minimum atomic E-state index is -3.80. The van der Waals surface area contributed by atoms with Crippen molar-refractivity contribution in [1.29, 1.82) is 0 Å². The standard InChI is InChI=1S/C28H30F3N7O4S/c1-14-13-37(2)36-23(14)15-7-8-18(20(10-15)43(3,40)41)32-19-12-21(34-28(39)16-11-17(16)29)33-26-24(19)35-27(25(30)31)38(26)22-6-4-5-9-42-22/h7-8,10,12-13,16-17,22,25H,4-6,9,11H2,1-3H3,(H2,32,33,34,39)/t16-,17+,22?/m0/s1. The number of rotatable bonds is 8. The Bertz CT molecular complexity index is 1830. The van der Waals surface area contributed by atoms with E-state index in [0.29, 0.717) is 24.3 Å². The summed E-state index contributed by atoms with van der Waals surface area (Å²) in [5.74, 6) is -2.02. The summed E-state index contributed by atoms with van der Waals surface area (Å²) in [5.41, 5.74) is 2.34. The van der Waals surface area contributed by atoms with Gasteiger partial charge in [-0.15, -0.1) is 0 Å². The Balaban J connectivity index is 1.50. The van der Waals surface area contributed by atoms with Crippen LogP contribution in [-0.2, 0) is 26.4 Å². The number of aryl methyl sites for hydroxylation is 2. The number of hydrogen-bond acceptors (Lipinski definition) is 8. The van der Waals surface area contributed by atoms with E-state index in [1.54, 1.807) is 23.9 Å². The molecule has 15 heteroatoms. The van der Waals surface area contributed by atoms with Crippen LogP contribution >= 0.6 is 0 Å². The number of fused-ring (bicyclic) bond motifs is 1. The number of carbonyl (C=O) groups excluding carboxylic acids is 1. The number of ether oxygens (including phenoxy) is 1. The van der Waals surface area contributed by atoms with Crippen LogP contribution < -0.4 is 10.6 Å². The largest absolute Gasteiger partial charge is 0.358 e. The summed E-state index contributed by atoms with van der Waals surface area (Å²) in [4.78, 5) is 21.2. The second kappa shape index (κ2) is 10.9. The molecule has 11 nitrogen and oxygen atoms in total. The first-order chi connectivity index (χ1) is 20.4. The fourth-order valence-electron chi connectivity index (χ4n) is 5.38. The Labute approximate surface area is 245 Å². The smallest absolute Gasteiger partial charge is 0.295 e. The Morgan fingerprint density at radius 3 is 2.53 bits per heavy atom. The first kappa shape index (κ1) is 29.1. The van der Waals surface area contributed by atoms with Gasteiger partial charge in [0.2, 0.25) is 5.91 Å². The molecule has 1 aliphatic carbocycles. The zero-order chi connectivity index (χ0) is 30.6. The molecule has 6 rings (SSSR count). The lowest BCUT2D eigenvalue weighted by Crippen LogP contribution is -2.21. The van der Waals surface area contributed by atoms with Gasteiger partial charge in [0.15, 0.2) is 21.3 Å². The van der Waals surface area contributed by atoms with E-state index < -0.39 is 46.3 Å². The number of aromatic nitrogens is 5. The topological polar surface area (TPSA) is 133 Å². The third-order valence-electron chi connectivity index (χ3n) is 7.55. The van der Waals surface area contributed by atoms with Gasteiger partial charge in [0.05, 0.1) is 27.9 Å². The molecule has 2 N–H and O–H groups in total. The van der Waals surface area contributed by atoms with Gasteiger partial charge >= 0.3 is 0 Å². The third kappa shape index (κ3) is 5.70. The lowest BCUT2D eigenvalue weighted by Gasteiger charge is -2.25. The van der Waals surface area contributed by atoms with Crippen LogP contribution in [-0.4, -0.2) is 57.7 Å². The fourth-order valence-corrected chi connectivity index (χ4v) is 6.24. The monoisotopic (exact) mass is 617 g/mol. The number of nitrogens with one attached hydrogen (secondary N) is 2. The lowest BCUT2D eigenvalue weighted by molar-refractivity contribution is -0.117. The summed E-state index contributed by atoms with van der Waals surface area (Å²) in [6.07, 6.45) is -0.0684. The quantitative estimate of drug-likeness (QED) is 0.275. The van der Waals surface area contributed by atoms with Crippen molar-refractivity contribution in [3.05, 3.63) is 41.9 Å². The molecule has 43 heavy (non-hydrogen) atoms. The van der Waals surface area contributed by atoms with Gasteiger partial charge in [-0.2, -0.15) is 5.10 Å². The highest BCUT2D eigenvalue weighted by molar-refractivity contribution is 7.90. The minimum Gasteiger partial charge on any atom is -0.358 e. The maximum Gasteiger partial charge on any atom is 0.295 e. The van der Waals surface area contributed by atoms with E-state index in [4.69, 9.17) is 4.74 Å². The molecule has 3 atom stereocenters. The highest BCUT2D eigenvalue weighted by Crippen LogP contribution is 2.39. The van der Waals surface area contributed by atoms with E-state index >= 15 is 0 Å². The Hall–Kier alpha value is -3.98. The molecule has 1 saturated carbocycles. The molecular formula is C28H30F3N7O4S. The van der Waals surface area contributed by atoms with Crippen LogP contribution in [0.5, 0.6) is 0 Å². The first-order valence-corrected chi connectivity index (χ1v) is 15.7. The van der Waals surface area contributed by atoms with Crippen LogP contribution in [0, 0.1) is 12.8 Å². The average Bonchev–Trinajstić information content (AvgIpc) is 3.40. The second-order valence-electron chi connectivity index (χ2n) is 11.0. The van der Waals surface area contributed by atoms with E-state index in [2.05, 4.69) is 25.7 Å². The molecule has 2 fully saturated rings. The highest BCUT2D eigenvalue weighted by Gasteiger charge is 2.44. The van der Waals surface area contributed by atoms with Crippen LogP contribution in [0.1, 0.15) is 49.7 Å². The molecular weight excluding hydrogens is 587 g/mol. The molecule has 4 aromatic rings. The summed E-state index contributed by atoms with van der Waals surface area (Å²) in [6, 6.07) is 6.10. The molecule has 0 bridgehead atoms. The third-order valence-corrected chi connectivity index (χ3v) is 8.69. The Morgan fingerprint density at radius 1 is 1.16 bits per heavy atom. The number of imidazole rings is 1. The number of sulfone groups is 1. The number of nitrogens with zero attached hydrogens (tertiary/aromatic N) is 5. The number of pyridine rings is 1. The van der Waals surface area contributed by atoms with E-state index in [1.807, 2.05) is 13.1 Å². The number of amides is 1. The molecule has 4 heterocycles. The van der Waals surface area contributed by atoms with Crippen molar-refractivity contribution in [2.75, 3.05) is 23.5 Å². The summed E-state index contributed by atoms with van der Waals surface area (Å²) in [6.45, 7) is 2.23. The van der Waals surface area contributed by atoms with Crippen molar-refractivity contribution in [2.24, 2.45) is 13.0 Å². The van der Waals surface area contributed by atoms with Gasteiger partial charge in [-0.05, 0) is 50.3 Å². The number of carbonyl (C=O) groups is 1. The highest BCUT2D eigenvalue weighted by atomic mass is 32.2. The van der Waals surface area contributed by atoms with Gasteiger partial charge in [-0.1, -0.05) is 6.07 Å². The van der Waals surface area contributed by atoms with Crippen molar-refractivity contribution < 1.29 is 31.1 Å². The number of benzene rings is 1. The summed E-state index contributed by atoms with van der Waals surface area (Å²) >= 11 is 0. The molecule has 1 amide bonds. The normalized spacial score (nSPS) is 20.5. The molecule has 1 unspecified atom stereocenters. The maximum atomic E-state index is 14.3. The lowest BCUT2D eigenvalue weighted by atomic mass is 10.1. The number of anilines is 3. The van der Waals surface area contributed by atoms with Gasteiger partial charge in [0.1, 0.15) is 23.7 Å². The Morgan fingerprint density at radius 2 is 1.93 bits per heavy atom. The minimum absolute atomic E-state index is 0.0109. The van der Waals surface area contributed by atoms with Crippen molar-refractivity contribution in [3.8, 4) is 11.3 Å². The average molecular weight is 618 g/mol. The van der Waals surface area contributed by atoms with Crippen LogP contribution in [0.15, 0.2) is 35.4 Å². The van der Waals surface area contributed by atoms with E-state index in [0.717, 1.165) is 24.7 Å². The first-order valence-electron chi connectivity index (χ1n) is 13.8. The number of halogens is 3. The SMILES string of the molecule is Cc1cn(C)nc1-c1ccc(Nc2cc(NC(=O)[C@H]3C[C@H]3F)nc3c2nc(C(F)F)n3C2CCCCO2)c(S(C)(=O)=O)c1. The van der Waals surface area contributed by atoms with Crippen LogP contribution in [0.3, 0.4) is 0 Å². The van der Waals surface area contributed by atoms with Crippen molar-refractivity contribution in [1.82, 2.24) is 24.3 Å². The van der Waals surface area contributed by atoms with Gasteiger partial charge < -0.3 is 15.4 Å². The zero-order valence-corrected chi connectivity index (χ0v) is 24.5. The van der Waals surface area contributed by atoms with E-state index in [1.165, 1.54) is 16.7 Å². The van der Waals surface area contributed by atoms with Crippen LogP contribution in [0.2, 0.25) is 0 Å². The molecule has 3 aromatic heterocycles.